The topological polar surface area (TPSA) is 62.0 Å². The third-order valence-corrected chi connectivity index (χ3v) is 4.45. The Labute approximate surface area is 129 Å². The van der Waals surface area contributed by atoms with Gasteiger partial charge in [0.15, 0.2) is 5.78 Å². The molecule has 4 heteroatoms. The number of aromatic amines is 1. The quantitative estimate of drug-likeness (QED) is 0.854. The molecular formula is C18H20N2O2. The summed E-state index contributed by atoms with van der Waals surface area (Å²) in [5.74, 6) is -0.161. The van der Waals surface area contributed by atoms with Gasteiger partial charge in [-0.1, -0.05) is 24.3 Å². The summed E-state index contributed by atoms with van der Waals surface area (Å²) in [6.07, 6.45) is 1.91. The lowest BCUT2D eigenvalue weighted by Crippen LogP contribution is -2.28. The number of ketones is 1. The van der Waals surface area contributed by atoms with Gasteiger partial charge in [-0.25, -0.2) is 0 Å². The van der Waals surface area contributed by atoms with Crippen LogP contribution in [0.5, 0.6) is 0 Å². The predicted octanol–water partition coefficient (Wildman–Crippen LogP) is 3.25. The highest BCUT2D eigenvalue weighted by atomic mass is 16.2. The van der Waals surface area contributed by atoms with Gasteiger partial charge in [0.25, 0.3) is 5.91 Å². The van der Waals surface area contributed by atoms with E-state index < -0.39 is 0 Å². The van der Waals surface area contributed by atoms with E-state index in [0.717, 1.165) is 24.1 Å². The maximum Gasteiger partial charge on any atom is 0.268 e. The zero-order valence-corrected chi connectivity index (χ0v) is 13.1. The highest BCUT2D eigenvalue weighted by Crippen LogP contribution is 2.31. The van der Waals surface area contributed by atoms with Crippen LogP contribution in [-0.4, -0.2) is 16.7 Å². The number of aromatic nitrogens is 1. The molecule has 0 saturated heterocycles. The maximum absolute atomic E-state index is 12.6. The Morgan fingerprint density at radius 1 is 1.23 bits per heavy atom. The van der Waals surface area contributed by atoms with E-state index in [1.165, 1.54) is 18.1 Å². The summed E-state index contributed by atoms with van der Waals surface area (Å²) < 4.78 is 0. The van der Waals surface area contributed by atoms with E-state index in [1.54, 1.807) is 0 Å². The number of hydrogen-bond donors (Lipinski definition) is 2. The van der Waals surface area contributed by atoms with Gasteiger partial charge in [0, 0.05) is 11.3 Å². The molecule has 1 aromatic heterocycles. The van der Waals surface area contributed by atoms with Gasteiger partial charge in [-0.2, -0.15) is 0 Å². The molecule has 3 rings (SSSR count). The number of amides is 1. The summed E-state index contributed by atoms with van der Waals surface area (Å²) in [7, 11) is 0. The van der Waals surface area contributed by atoms with E-state index in [1.807, 2.05) is 26.0 Å². The van der Waals surface area contributed by atoms with Gasteiger partial charge in [0.2, 0.25) is 0 Å². The van der Waals surface area contributed by atoms with Gasteiger partial charge < -0.3 is 10.3 Å². The van der Waals surface area contributed by atoms with E-state index in [4.69, 9.17) is 0 Å². The molecular weight excluding hydrogens is 276 g/mol. The molecule has 1 aliphatic carbocycles. The van der Waals surface area contributed by atoms with E-state index in [0.29, 0.717) is 11.3 Å². The first kappa shape index (κ1) is 14.6. The van der Waals surface area contributed by atoms with Crippen molar-refractivity contribution in [3.05, 3.63) is 57.9 Å². The van der Waals surface area contributed by atoms with Crippen molar-refractivity contribution < 1.29 is 9.59 Å². The Morgan fingerprint density at radius 3 is 2.64 bits per heavy atom. The zero-order valence-electron chi connectivity index (χ0n) is 13.1. The zero-order chi connectivity index (χ0) is 15.9. The van der Waals surface area contributed by atoms with E-state index in [9.17, 15) is 9.59 Å². The number of fused-ring (bicyclic) bond motifs is 1. The first-order chi connectivity index (χ1) is 10.5. The molecule has 2 N–H and O–H groups in total. The summed E-state index contributed by atoms with van der Waals surface area (Å²) in [6, 6.07) is 8.26. The highest BCUT2D eigenvalue weighted by molar-refractivity contribution is 6.02. The molecule has 0 radical (unpaired) electrons. The van der Waals surface area contributed by atoms with Crippen molar-refractivity contribution >= 4 is 11.7 Å². The van der Waals surface area contributed by atoms with Crippen LogP contribution in [0.4, 0.5) is 0 Å². The molecule has 0 fully saturated rings. The molecule has 2 aromatic rings. The van der Waals surface area contributed by atoms with Crippen LogP contribution in [0.15, 0.2) is 24.3 Å². The summed E-state index contributed by atoms with van der Waals surface area (Å²) >= 11 is 0. The number of benzene rings is 1. The van der Waals surface area contributed by atoms with Gasteiger partial charge in [0.1, 0.15) is 5.69 Å². The van der Waals surface area contributed by atoms with Crippen molar-refractivity contribution in [1.29, 1.82) is 0 Å². The number of nitrogens with one attached hydrogen (secondary N) is 2. The molecule has 0 bridgehead atoms. The Kier molecular flexibility index (Phi) is 3.61. The Morgan fingerprint density at radius 2 is 1.95 bits per heavy atom. The average molecular weight is 296 g/mol. The van der Waals surface area contributed by atoms with Gasteiger partial charge in [-0.3, -0.25) is 9.59 Å². The fourth-order valence-corrected chi connectivity index (χ4v) is 3.44. The smallest absolute Gasteiger partial charge is 0.268 e. The van der Waals surface area contributed by atoms with Crippen molar-refractivity contribution in [3.8, 4) is 0 Å². The van der Waals surface area contributed by atoms with Crippen LogP contribution in [0, 0.1) is 13.8 Å². The van der Waals surface area contributed by atoms with E-state index >= 15 is 0 Å². The van der Waals surface area contributed by atoms with Crippen molar-refractivity contribution in [1.82, 2.24) is 10.3 Å². The molecule has 1 amide bonds. The second-order valence-electron chi connectivity index (χ2n) is 5.94. The second kappa shape index (κ2) is 5.44. The molecule has 114 valence electrons. The molecule has 1 atom stereocenters. The fourth-order valence-electron chi connectivity index (χ4n) is 3.44. The summed E-state index contributed by atoms with van der Waals surface area (Å²) in [4.78, 5) is 27.3. The number of H-pyrrole nitrogens is 1. The van der Waals surface area contributed by atoms with Crippen LogP contribution in [0.1, 0.15) is 62.6 Å². The van der Waals surface area contributed by atoms with Crippen LogP contribution in [0.25, 0.3) is 0 Å². The Balaban J connectivity index is 1.85. The summed E-state index contributed by atoms with van der Waals surface area (Å²) in [5.41, 5.74) is 5.10. The Bertz CT molecular complexity index is 758. The number of carbonyl (C=O) groups is 2. The number of hydrogen-bond acceptors (Lipinski definition) is 2. The van der Waals surface area contributed by atoms with Gasteiger partial charge in [-0.15, -0.1) is 0 Å². The molecule has 1 aromatic carbocycles. The number of rotatable bonds is 3. The van der Waals surface area contributed by atoms with Gasteiger partial charge in [-0.05, 0) is 50.3 Å². The third-order valence-electron chi connectivity index (χ3n) is 4.45. The minimum absolute atomic E-state index is 0.0171. The summed E-state index contributed by atoms with van der Waals surface area (Å²) in [6.45, 7) is 5.17. The standard InChI is InChI=1S/C18H20N2O2/c1-10-16(12(3)21)11(2)19-17(10)18(22)20-15-9-8-13-6-4-5-7-14(13)15/h4-7,15,19H,8-9H2,1-3H3,(H,20,22). The number of carbonyl (C=O) groups excluding carboxylic acids is 2. The van der Waals surface area contributed by atoms with Crippen molar-refractivity contribution in [2.24, 2.45) is 0 Å². The van der Waals surface area contributed by atoms with Gasteiger partial charge >= 0.3 is 0 Å². The fraction of sp³-hybridized carbons (Fsp3) is 0.333. The molecule has 0 spiro atoms. The SMILES string of the molecule is CC(=O)c1c(C)[nH]c(C(=O)NC2CCc3ccccc32)c1C. The monoisotopic (exact) mass is 296 g/mol. The highest BCUT2D eigenvalue weighted by Gasteiger charge is 2.26. The first-order valence-corrected chi connectivity index (χ1v) is 7.57. The number of aryl methyl sites for hydroxylation is 2. The maximum atomic E-state index is 12.6. The number of Topliss-reactive ketones (excluding diaryl/α,β-unsaturated/α-hetero) is 1. The normalized spacial score (nSPS) is 16.4. The lowest BCUT2D eigenvalue weighted by molar-refractivity contribution is 0.0931. The average Bonchev–Trinajstić information content (AvgIpc) is 3.00. The van der Waals surface area contributed by atoms with E-state index in [2.05, 4.69) is 22.4 Å². The largest absolute Gasteiger partial charge is 0.354 e. The minimum atomic E-state index is -0.144. The molecule has 0 saturated carbocycles. The van der Waals surface area contributed by atoms with Crippen LogP contribution >= 0.6 is 0 Å². The first-order valence-electron chi connectivity index (χ1n) is 7.57. The molecule has 1 heterocycles. The minimum Gasteiger partial charge on any atom is -0.354 e. The second-order valence-corrected chi connectivity index (χ2v) is 5.94. The van der Waals surface area contributed by atoms with Crippen LogP contribution in [0.3, 0.4) is 0 Å². The van der Waals surface area contributed by atoms with Crippen molar-refractivity contribution in [2.45, 2.75) is 39.7 Å². The lowest BCUT2D eigenvalue weighted by Gasteiger charge is -2.14. The van der Waals surface area contributed by atoms with E-state index in [-0.39, 0.29) is 17.7 Å². The molecule has 1 aliphatic rings. The molecule has 1 unspecified atom stereocenters. The molecule has 22 heavy (non-hydrogen) atoms. The molecule has 4 nitrogen and oxygen atoms in total. The van der Waals surface area contributed by atoms with Crippen molar-refractivity contribution in [2.75, 3.05) is 0 Å². The van der Waals surface area contributed by atoms with Gasteiger partial charge in [0.05, 0.1) is 6.04 Å². The lowest BCUT2D eigenvalue weighted by atomic mass is 10.1. The van der Waals surface area contributed by atoms with Crippen LogP contribution in [-0.2, 0) is 6.42 Å². The predicted molar refractivity (Wildman–Crippen MR) is 85.2 cm³/mol. The molecule has 0 aliphatic heterocycles. The van der Waals surface area contributed by atoms with Crippen LogP contribution in [0.2, 0.25) is 0 Å². The third kappa shape index (κ3) is 2.34. The van der Waals surface area contributed by atoms with Crippen LogP contribution < -0.4 is 5.32 Å². The van der Waals surface area contributed by atoms with Crippen molar-refractivity contribution in [3.63, 3.8) is 0 Å². The summed E-state index contributed by atoms with van der Waals surface area (Å²) in [5, 5.41) is 3.09. The Hall–Kier alpha value is -2.36.